The topological polar surface area (TPSA) is 97.5 Å². The van der Waals surface area contributed by atoms with Crippen LogP contribution in [0.2, 0.25) is 0 Å². The van der Waals surface area contributed by atoms with Gasteiger partial charge in [0.05, 0.1) is 49.4 Å². The Morgan fingerprint density at radius 2 is 0.961 bits per heavy atom. The van der Waals surface area contributed by atoms with Crippen LogP contribution < -0.4 is 27.0 Å². The molecule has 0 spiro atoms. The van der Waals surface area contributed by atoms with Gasteiger partial charge in [-0.1, -0.05) is 106 Å². The molecule has 0 atom stereocenters. The molecule has 4 aromatic rings. The fourth-order valence-electron chi connectivity index (χ4n) is 4.87. The summed E-state index contributed by atoms with van der Waals surface area (Å²) in [5.41, 5.74) is 5.14. The normalized spacial score (nSPS) is 9.51. The SMILES string of the molecule is CCCCCC=O.CCCCN.CN(CC[PH+](c1ccccc1)c1ccccc1)CC[PH+](c1ccccc1)c1ccccc1.O=C=O.[CH-]=O.[Cl][RuH+2].[HH]. The summed E-state index contributed by atoms with van der Waals surface area (Å²) in [6.45, 7) is 10.6. The van der Waals surface area contributed by atoms with E-state index in [1.807, 2.05) is 0 Å². The Morgan fingerprint density at radius 3 is 1.18 bits per heavy atom. The molecule has 280 valence electrons. The fraction of sp³-hybridized carbons (Fsp3) is 0.341. The molecule has 0 aliphatic carbocycles. The Hall–Kier alpha value is -2.71. The van der Waals surface area contributed by atoms with Gasteiger partial charge in [-0.25, -0.2) is 0 Å². The third-order valence-corrected chi connectivity index (χ3v) is 13.0. The Balaban J connectivity index is -0.00000100. The molecule has 10 heteroatoms. The van der Waals surface area contributed by atoms with E-state index in [1.165, 1.54) is 59.2 Å². The summed E-state index contributed by atoms with van der Waals surface area (Å²) >= 11 is 1.62. The van der Waals surface area contributed by atoms with Crippen LogP contribution in [0.25, 0.3) is 0 Å². The van der Waals surface area contributed by atoms with Crippen molar-refractivity contribution in [1.29, 1.82) is 0 Å². The zero-order valence-electron chi connectivity index (χ0n) is 30.4. The number of benzene rings is 4. The standard InChI is InChI=1S/C29H31NP2.C6H12O.C4H11N.CO2.CHO.ClH.Ru.H2.H/c1-30(22-24-31(26-14-6-2-7-15-26)27-16-8-3-9-17-27)23-25-32(28-18-10-4-11-19-28)29-20-12-5-13-21-29;1-2-3-4-5-6-7;1-2-3-4-5;2-1-3;1-2;;;;/h2-21H,22-25H2,1H3;6H,2-5H2,1H3;2-5H2,1H3;;1H;1H;;1H;/q;;;;-1;;+3;;/p+1. The number of nitrogens with zero attached hydrogens (tertiary/aromatic N) is 1. The number of unbranched alkanes of at least 4 members (excludes halogenated alkanes) is 4. The van der Waals surface area contributed by atoms with E-state index in [-0.39, 0.29) is 7.58 Å². The number of carbonyl (C=O) groups excluding carboxylic acids is 4. The third kappa shape index (κ3) is 25.8. The maximum Gasteiger partial charge on any atom is 0 e. The van der Waals surface area contributed by atoms with Gasteiger partial charge < -0.3 is 15.3 Å². The Kier molecular flexibility index (Phi) is 38.1. The molecule has 51 heavy (non-hydrogen) atoms. The van der Waals surface area contributed by atoms with Crippen molar-refractivity contribution in [2.75, 3.05) is 39.0 Å². The van der Waals surface area contributed by atoms with Crippen LogP contribution in [0.1, 0.15) is 53.8 Å². The quantitative estimate of drug-likeness (QED) is 0.0431. The predicted molar refractivity (Wildman–Crippen MR) is 223 cm³/mol. The largest absolute Gasteiger partial charge is 0 e. The summed E-state index contributed by atoms with van der Waals surface area (Å²) in [4.78, 5) is 36.2. The van der Waals surface area contributed by atoms with E-state index in [0.29, 0.717) is 0 Å². The second-order valence-corrected chi connectivity index (χ2v) is 16.3. The van der Waals surface area contributed by atoms with Gasteiger partial charge >= 0.3 is 33.2 Å². The molecule has 0 aromatic heterocycles. The molecule has 0 fully saturated rings. The predicted octanol–water partition coefficient (Wildman–Crippen LogP) is 6.97. The summed E-state index contributed by atoms with van der Waals surface area (Å²) in [6.07, 6.45) is 10.3. The van der Waals surface area contributed by atoms with Crippen molar-refractivity contribution in [2.24, 2.45) is 5.73 Å². The molecule has 0 heterocycles. The van der Waals surface area contributed by atoms with Crippen molar-refractivity contribution in [3.8, 4) is 0 Å². The van der Waals surface area contributed by atoms with Crippen molar-refractivity contribution in [2.45, 2.75) is 52.4 Å². The maximum atomic E-state index is 9.68. The first-order valence-electron chi connectivity index (χ1n) is 17.2. The van der Waals surface area contributed by atoms with Gasteiger partial charge in [0.1, 0.15) is 6.29 Å². The van der Waals surface area contributed by atoms with Crippen molar-refractivity contribution in [3.05, 3.63) is 121 Å². The van der Waals surface area contributed by atoms with Crippen LogP contribution in [0.3, 0.4) is 0 Å². The Bertz CT molecular complexity index is 1180. The van der Waals surface area contributed by atoms with Crippen LogP contribution in [0.5, 0.6) is 0 Å². The summed E-state index contributed by atoms with van der Waals surface area (Å²) in [5.74, 6) is 0. The minimum absolute atomic E-state index is 0. The number of nitrogens with two attached hydrogens (primary N) is 1. The van der Waals surface area contributed by atoms with E-state index in [2.05, 4.69) is 164 Å². The molecule has 0 saturated heterocycles. The molecule has 0 bridgehead atoms. The number of hydrogen-bond donors (Lipinski definition) is 1. The smallest absolute Gasteiger partial charge is 0 e. The monoisotopic (exact) mass is 843 g/mol. The summed E-state index contributed by atoms with van der Waals surface area (Å²) in [5, 5.41) is 6.04. The van der Waals surface area contributed by atoms with Gasteiger partial charge in [0.2, 0.25) is 0 Å². The zero-order valence-corrected chi connectivity index (χ0v) is 35.0. The van der Waals surface area contributed by atoms with E-state index < -0.39 is 15.8 Å². The van der Waals surface area contributed by atoms with Gasteiger partial charge in [-0.05, 0) is 75.0 Å². The molecule has 0 saturated carbocycles. The number of rotatable bonds is 16. The van der Waals surface area contributed by atoms with Crippen molar-refractivity contribution in [1.82, 2.24) is 4.90 Å². The molecular weight excluding hydrogens is 783 g/mol. The minimum Gasteiger partial charge on any atom is 0 e. The average molecular weight is 843 g/mol. The van der Waals surface area contributed by atoms with Crippen LogP contribution >= 0.6 is 25.5 Å². The molecule has 2 N–H and O–H groups in total. The van der Waals surface area contributed by atoms with Crippen molar-refractivity contribution >= 4 is 66.0 Å². The number of halogens is 1. The van der Waals surface area contributed by atoms with Gasteiger partial charge in [-0.3, -0.25) is 11.7 Å². The first-order chi connectivity index (χ1) is 25.1. The molecule has 0 amide bonds. The first kappa shape index (κ1) is 50.4. The molecule has 6 nitrogen and oxygen atoms in total. The second kappa shape index (κ2) is 38.5. The molecule has 4 rings (SSSR count). The number of aldehydes is 1. The van der Waals surface area contributed by atoms with Crippen LogP contribution in [-0.2, 0) is 36.5 Å². The summed E-state index contributed by atoms with van der Waals surface area (Å²) in [6, 6.07) is 44.4. The van der Waals surface area contributed by atoms with Gasteiger partial charge in [0.25, 0.3) is 0 Å². The maximum absolute atomic E-state index is 9.68. The summed E-state index contributed by atoms with van der Waals surface area (Å²) < 4.78 is 0. The summed E-state index contributed by atoms with van der Waals surface area (Å²) in [7, 11) is 5.37. The molecule has 4 aromatic carbocycles. The van der Waals surface area contributed by atoms with Crippen LogP contribution in [0.15, 0.2) is 121 Å². The van der Waals surface area contributed by atoms with Gasteiger partial charge in [0.15, 0.2) is 0 Å². The molecular formula is C41H60ClN2O4P2Ru+3. The minimum atomic E-state index is -0.769. The van der Waals surface area contributed by atoms with E-state index >= 15 is 0 Å². The molecule has 0 aliphatic rings. The number of hydrogen-bond acceptors (Lipinski definition) is 6. The van der Waals surface area contributed by atoms with E-state index in [4.69, 9.17) is 20.1 Å². The Labute approximate surface area is 325 Å². The fourth-order valence-corrected chi connectivity index (χ4v) is 10.3. The molecule has 0 aliphatic heterocycles. The van der Waals surface area contributed by atoms with Gasteiger partial charge in [0, 0.05) is 20.9 Å². The van der Waals surface area contributed by atoms with Crippen LogP contribution in [-0.4, -0.2) is 63.1 Å². The third-order valence-electron chi connectivity index (χ3n) is 7.46. The average Bonchev–Trinajstić information content (AvgIpc) is 3.20. The second-order valence-electron chi connectivity index (χ2n) is 11.1. The van der Waals surface area contributed by atoms with Crippen LogP contribution in [0, 0.1) is 0 Å². The van der Waals surface area contributed by atoms with Gasteiger partial charge in [-0.2, -0.15) is 9.59 Å². The van der Waals surface area contributed by atoms with E-state index in [1.54, 1.807) is 17.3 Å². The van der Waals surface area contributed by atoms with Crippen molar-refractivity contribution in [3.63, 3.8) is 0 Å². The van der Waals surface area contributed by atoms with Gasteiger partial charge in [-0.15, -0.1) is 0 Å². The van der Waals surface area contributed by atoms with E-state index in [0.717, 1.165) is 38.8 Å². The molecule has 0 radical (unpaired) electrons. The van der Waals surface area contributed by atoms with E-state index in [9.17, 15) is 4.79 Å². The first-order valence-corrected chi connectivity index (χ1v) is 23.0. The molecule has 0 unspecified atom stereocenters. The Morgan fingerprint density at radius 1 is 0.667 bits per heavy atom. The van der Waals surface area contributed by atoms with Crippen molar-refractivity contribution < 1.29 is 37.9 Å². The zero-order chi connectivity index (χ0) is 38.4. The van der Waals surface area contributed by atoms with Crippen LogP contribution in [0.4, 0.5) is 0 Å². The number of carbonyl (C=O) groups is 1.